The highest BCUT2D eigenvalue weighted by Gasteiger charge is 2.06. The third kappa shape index (κ3) is 2.99. The van der Waals surface area contributed by atoms with Gasteiger partial charge in [-0.15, -0.1) is 0 Å². The minimum Gasteiger partial charge on any atom is -0.295 e. The normalized spacial score (nSPS) is 16.8. The molecular weight excluding hydrogens is 150 g/mol. The lowest BCUT2D eigenvalue weighted by Crippen LogP contribution is -2.07. The minimum atomic E-state index is 0.128. The molecule has 0 fully saturated rings. The first kappa shape index (κ1) is 9.17. The number of rotatable bonds is 4. The van der Waals surface area contributed by atoms with E-state index in [0.29, 0.717) is 6.42 Å². The number of ketones is 1. The van der Waals surface area contributed by atoms with Crippen LogP contribution >= 0.6 is 0 Å². The molecule has 1 rings (SSSR count). The zero-order chi connectivity index (χ0) is 8.81. The molecule has 0 N–H and O–H groups in total. The van der Waals surface area contributed by atoms with E-state index in [2.05, 4.69) is 11.6 Å². The van der Waals surface area contributed by atoms with E-state index in [1.54, 1.807) is 0 Å². The van der Waals surface area contributed by atoms with Gasteiger partial charge in [-0.05, 0) is 31.8 Å². The van der Waals surface area contributed by atoms with E-state index in [-0.39, 0.29) is 5.78 Å². The Balaban J connectivity index is 2.26. The van der Waals surface area contributed by atoms with Crippen molar-refractivity contribution in [2.24, 2.45) is 4.99 Å². The minimum absolute atomic E-state index is 0.128. The average Bonchev–Trinajstić information content (AvgIpc) is 2.16. The smallest absolute Gasteiger partial charge is 0.155 e. The summed E-state index contributed by atoms with van der Waals surface area (Å²) in [6.07, 6.45) is 6.35. The second-order valence-electron chi connectivity index (χ2n) is 3.08. The highest BCUT2D eigenvalue weighted by atomic mass is 16.1. The van der Waals surface area contributed by atoms with E-state index in [1.807, 2.05) is 0 Å². The van der Waals surface area contributed by atoms with Crippen molar-refractivity contribution in [3.8, 4) is 0 Å². The number of hydrogen-bond acceptors (Lipinski definition) is 2. The van der Waals surface area contributed by atoms with E-state index in [4.69, 9.17) is 0 Å². The predicted molar refractivity (Wildman–Crippen MR) is 50.6 cm³/mol. The van der Waals surface area contributed by atoms with Crippen LogP contribution in [0.4, 0.5) is 0 Å². The van der Waals surface area contributed by atoms with Gasteiger partial charge in [0, 0.05) is 18.7 Å². The van der Waals surface area contributed by atoms with Gasteiger partial charge in [-0.3, -0.25) is 9.79 Å². The molecule has 1 aliphatic heterocycles. The standard InChI is InChI=1S/C10H15NO/c1-2-10(12)7-6-9-5-3-4-8-11-9/h2H,1,3-8H2. The van der Waals surface area contributed by atoms with Crippen LogP contribution in [0.5, 0.6) is 0 Å². The molecule has 0 spiro atoms. The maximum atomic E-state index is 10.9. The van der Waals surface area contributed by atoms with Crippen molar-refractivity contribution in [3.63, 3.8) is 0 Å². The fourth-order valence-corrected chi connectivity index (χ4v) is 1.33. The molecule has 0 radical (unpaired) electrons. The number of allylic oxidation sites excluding steroid dienone is 1. The van der Waals surface area contributed by atoms with Crippen molar-refractivity contribution in [1.82, 2.24) is 0 Å². The highest BCUT2D eigenvalue weighted by molar-refractivity contribution is 5.94. The summed E-state index contributed by atoms with van der Waals surface area (Å²) in [5.74, 6) is 0.128. The average molecular weight is 165 g/mol. The number of nitrogens with zero attached hydrogens (tertiary/aromatic N) is 1. The van der Waals surface area contributed by atoms with Gasteiger partial charge in [0.1, 0.15) is 0 Å². The molecule has 0 aromatic heterocycles. The number of carbonyl (C=O) groups is 1. The molecule has 0 bridgehead atoms. The molecule has 1 heterocycles. The maximum absolute atomic E-state index is 10.9. The van der Waals surface area contributed by atoms with E-state index in [0.717, 1.165) is 19.4 Å². The second kappa shape index (κ2) is 4.86. The van der Waals surface area contributed by atoms with Gasteiger partial charge in [0.25, 0.3) is 0 Å². The summed E-state index contributed by atoms with van der Waals surface area (Å²) in [5, 5.41) is 0. The summed E-state index contributed by atoms with van der Waals surface area (Å²) in [6.45, 7) is 4.39. The Morgan fingerprint density at radius 2 is 2.42 bits per heavy atom. The third-order valence-corrected chi connectivity index (χ3v) is 2.10. The molecule has 0 aromatic carbocycles. The quantitative estimate of drug-likeness (QED) is 0.587. The van der Waals surface area contributed by atoms with Crippen LogP contribution < -0.4 is 0 Å². The van der Waals surface area contributed by atoms with E-state index in [1.165, 1.54) is 24.6 Å². The fourth-order valence-electron chi connectivity index (χ4n) is 1.33. The van der Waals surface area contributed by atoms with Gasteiger partial charge >= 0.3 is 0 Å². The Labute approximate surface area is 73.4 Å². The zero-order valence-electron chi connectivity index (χ0n) is 7.38. The Bertz CT molecular complexity index is 206. The molecule has 1 aliphatic rings. The lowest BCUT2D eigenvalue weighted by atomic mass is 10.0. The number of hydrogen-bond donors (Lipinski definition) is 0. The summed E-state index contributed by atoms with van der Waals surface area (Å²) in [5.41, 5.74) is 1.22. The summed E-state index contributed by atoms with van der Waals surface area (Å²) < 4.78 is 0. The lowest BCUT2D eigenvalue weighted by Gasteiger charge is -2.10. The largest absolute Gasteiger partial charge is 0.295 e. The Morgan fingerprint density at radius 1 is 1.58 bits per heavy atom. The van der Waals surface area contributed by atoms with Gasteiger partial charge < -0.3 is 0 Å². The van der Waals surface area contributed by atoms with Gasteiger partial charge in [-0.2, -0.15) is 0 Å². The number of aliphatic imine (C=N–C) groups is 1. The van der Waals surface area contributed by atoms with Gasteiger partial charge in [0.15, 0.2) is 5.78 Å². The van der Waals surface area contributed by atoms with Gasteiger partial charge in [-0.25, -0.2) is 0 Å². The van der Waals surface area contributed by atoms with Gasteiger partial charge in [-0.1, -0.05) is 6.58 Å². The molecule has 0 aliphatic carbocycles. The monoisotopic (exact) mass is 165 g/mol. The van der Waals surface area contributed by atoms with Crippen LogP contribution in [0, 0.1) is 0 Å². The summed E-state index contributed by atoms with van der Waals surface area (Å²) >= 11 is 0. The molecule has 0 atom stereocenters. The Morgan fingerprint density at radius 3 is 3.00 bits per heavy atom. The van der Waals surface area contributed by atoms with E-state index in [9.17, 15) is 4.79 Å². The molecule has 0 aromatic rings. The zero-order valence-corrected chi connectivity index (χ0v) is 7.38. The van der Waals surface area contributed by atoms with Crippen LogP contribution in [-0.2, 0) is 4.79 Å². The second-order valence-corrected chi connectivity index (χ2v) is 3.08. The molecular formula is C10H15NO. The predicted octanol–water partition coefficient (Wildman–Crippen LogP) is 2.15. The first-order valence-corrected chi connectivity index (χ1v) is 4.50. The highest BCUT2D eigenvalue weighted by Crippen LogP contribution is 2.10. The van der Waals surface area contributed by atoms with Crippen LogP contribution in [0.15, 0.2) is 17.6 Å². The van der Waals surface area contributed by atoms with Crippen LogP contribution in [0.1, 0.15) is 32.1 Å². The first-order valence-electron chi connectivity index (χ1n) is 4.50. The lowest BCUT2D eigenvalue weighted by molar-refractivity contribution is -0.114. The SMILES string of the molecule is C=CC(=O)CCC1=NCCCC1. The molecule has 2 heteroatoms. The third-order valence-electron chi connectivity index (χ3n) is 2.10. The van der Waals surface area contributed by atoms with Crippen LogP contribution in [0.2, 0.25) is 0 Å². The van der Waals surface area contributed by atoms with Crippen molar-refractivity contribution in [2.45, 2.75) is 32.1 Å². The van der Waals surface area contributed by atoms with Crippen LogP contribution in [0.3, 0.4) is 0 Å². The Kier molecular flexibility index (Phi) is 3.71. The summed E-state index contributed by atoms with van der Waals surface area (Å²) in [6, 6.07) is 0. The van der Waals surface area contributed by atoms with Crippen LogP contribution in [0.25, 0.3) is 0 Å². The first-order chi connectivity index (χ1) is 5.83. The molecule has 12 heavy (non-hydrogen) atoms. The molecule has 2 nitrogen and oxygen atoms in total. The molecule has 0 saturated carbocycles. The topological polar surface area (TPSA) is 29.4 Å². The van der Waals surface area contributed by atoms with Gasteiger partial charge in [0.05, 0.1) is 0 Å². The van der Waals surface area contributed by atoms with E-state index >= 15 is 0 Å². The molecule has 0 unspecified atom stereocenters. The fraction of sp³-hybridized carbons (Fsp3) is 0.600. The number of carbonyl (C=O) groups excluding carboxylic acids is 1. The van der Waals surface area contributed by atoms with Crippen molar-refractivity contribution in [1.29, 1.82) is 0 Å². The Hall–Kier alpha value is -0.920. The van der Waals surface area contributed by atoms with Crippen molar-refractivity contribution in [3.05, 3.63) is 12.7 Å². The van der Waals surface area contributed by atoms with Crippen molar-refractivity contribution < 1.29 is 4.79 Å². The molecule has 0 amide bonds. The summed E-state index contributed by atoms with van der Waals surface area (Å²) in [7, 11) is 0. The van der Waals surface area contributed by atoms with Crippen molar-refractivity contribution >= 4 is 11.5 Å². The van der Waals surface area contributed by atoms with Crippen LogP contribution in [-0.4, -0.2) is 18.0 Å². The van der Waals surface area contributed by atoms with Gasteiger partial charge in [0.2, 0.25) is 0 Å². The summed E-state index contributed by atoms with van der Waals surface area (Å²) in [4.78, 5) is 15.2. The van der Waals surface area contributed by atoms with E-state index < -0.39 is 0 Å². The molecule has 66 valence electrons. The maximum Gasteiger partial charge on any atom is 0.155 e. The van der Waals surface area contributed by atoms with Crippen molar-refractivity contribution in [2.75, 3.05) is 6.54 Å². The molecule has 0 saturated heterocycles.